The van der Waals surface area contributed by atoms with Gasteiger partial charge < -0.3 is 0 Å². The summed E-state index contributed by atoms with van der Waals surface area (Å²) in [7, 11) is 2.10. The van der Waals surface area contributed by atoms with Gasteiger partial charge in [0.25, 0.3) is 0 Å². The van der Waals surface area contributed by atoms with Crippen molar-refractivity contribution in [2.75, 3.05) is 0 Å². The normalized spacial score (nSPS) is 9.50. The molecule has 3 rings (SSSR count). The highest BCUT2D eigenvalue weighted by Crippen LogP contribution is 2.07. The molecule has 0 unspecified atom stereocenters. The fraction of sp³-hybridized carbons (Fsp3) is 0.120. The second-order valence-corrected chi connectivity index (χ2v) is 6.31. The molecule has 1 radical (unpaired) electrons. The predicted octanol–water partition coefficient (Wildman–Crippen LogP) is 4.48. The van der Waals surface area contributed by atoms with Gasteiger partial charge in [-0.15, -0.1) is 0 Å². The Morgan fingerprint density at radius 2 is 1.12 bits per heavy atom. The molecular weight excluding hydrogens is 311 g/mol. The first-order valence-corrected chi connectivity index (χ1v) is 8.75. The standard InChI is InChI=1S/C25H20B/c1-19-4-6-21(7-5-19)8-9-22-10-12-23(13-11-22)14-15-24-16-17-25(26-3)18-20(24)2/h4-7,10-13,16-18H,1-3H3. The SMILES string of the molecule is C[B]c1ccc(C#Cc2ccc(C#Cc3ccc(C)cc3)cc2)c(C)c1. The zero-order valence-corrected chi connectivity index (χ0v) is 15.4. The van der Waals surface area contributed by atoms with Crippen LogP contribution in [0.1, 0.15) is 33.4 Å². The van der Waals surface area contributed by atoms with Crippen LogP contribution in [-0.4, -0.2) is 7.28 Å². The van der Waals surface area contributed by atoms with Crippen molar-refractivity contribution in [1.29, 1.82) is 0 Å². The van der Waals surface area contributed by atoms with Crippen LogP contribution >= 0.6 is 0 Å². The Balaban J connectivity index is 1.74. The van der Waals surface area contributed by atoms with E-state index in [1.165, 1.54) is 16.6 Å². The molecule has 0 saturated carbocycles. The average Bonchev–Trinajstić information content (AvgIpc) is 2.67. The van der Waals surface area contributed by atoms with Crippen molar-refractivity contribution in [3.8, 4) is 23.7 Å². The Morgan fingerprint density at radius 1 is 0.615 bits per heavy atom. The fourth-order valence-electron chi connectivity index (χ4n) is 2.56. The molecule has 0 saturated heterocycles. The first-order valence-electron chi connectivity index (χ1n) is 8.75. The molecule has 3 aromatic carbocycles. The molecule has 0 nitrogen and oxygen atoms in total. The molecule has 0 amide bonds. The van der Waals surface area contributed by atoms with Crippen LogP contribution in [0.5, 0.6) is 0 Å². The molecule has 3 aromatic rings. The Hall–Kier alpha value is -3.16. The third-order valence-electron chi connectivity index (χ3n) is 4.21. The van der Waals surface area contributed by atoms with E-state index in [0.717, 1.165) is 22.3 Å². The Labute approximate surface area is 157 Å². The van der Waals surface area contributed by atoms with Crippen molar-refractivity contribution < 1.29 is 0 Å². The lowest BCUT2D eigenvalue weighted by atomic mass is 9.72. The van der Waals surface area contributed by atoms with Gasteiger partial charge in [0.05, 0.1) is 0 Å². The summed E-state index contributed by atoms with van der Waals surface area (Å²) in [4.78, 5) is 0. The highest BCUT2D eigenvalue weighted by atomic mass is 14.0. The Bertz CT molecular complexity index is 1020. The lowest BCUT2D eigenvalue weighted by Crippen LogP contribution is -2.10. The molecule has 0 aliphatic carbocycles. The molecule has 123 valence electrons. The summed E-state index contributed by atoms with van der Waals surface area (Å²) in [6, 6.07) is 22.7. The minimum absolute atomic E-state index is 0.996. The van der Waals surface area contributed by atoms with Gasteiger partial charge in [0, 0.05) is 22.3 Å². The molecule has 1 heteroatoms. The van der Waals surface area contributed by atoms with Gasteiger partial charge in [-0.05, 0) is 61.9 Å². The molecule has 0 heterocycles. The lowest BCUT2D eigenvalue weighted by molar-refractivity contribution is 1.45. The van der Waals surface area contributed by atoms with Gasteiger partial charge in [0.1, 0.15) is 7.28 Å². The number of aryl methyl sites for hydroxylation is 2. The van der Waals surface area contributed by atoms with Gasteiger partial charge in [0.15, 0.2) is 0 Å². The van der Waals surface area contributed by atoms with E-state index < -0.39 is 0 Å². The van der Waals surface area contributed by atoms with Crippen LogP contribution in [0, 0.1) is 37.5 Å². The van der Waals surface area contributed by atoms with E-state index in [1.807, 2.05) is 43.2 Å². The molecule has 0 aliphatic rings. The third kappa shape index (κ3) is 4.69. The zero-order chi connectivity index (χ0) is 18.4. The maximum Gasteiger partial charge on any atom is 0.148 e. The van der Waals surface area contributed by atoms with Gasteiger partial charge in [-0.2, -0.15) is 0 Å². The summed E-state index contributed by atoms with van der Waals surface area (Å²) in [5, 5.41) is 0. The van der Waals surface area contributed by atoms with Gasteiger partial charge in [-0.3, -0.25) is 0 Å². The molecule has 0 aromatic heterocycles. The molecule has 0 fully saturated rings. The van der Waals surface area contributed by atoms with E-state index in [0.29, 0.717) is 0 Å². The van der Waals surface area contributed by atoms with Crippen molar-refractivity contribution in [2.45, 2.75) is 20.7 Å². The topological polar surface area (TPSA) is 0 Å². The van der Waals surface area contributed by atoms with E-state index in [9.17, 15) is 0 Å². The van der Waals surface area contributed by atoms with Crippen LogP contribution in [0.25, 0.3) is 0 Å². The molecule has 26 heavy (non-hydrogen) atoms. The Kier molecular flexibility index (Phi) is 5.63. The van der Waals surface area contributed by atoms with Crippen molar-refractivity contribution in [1.82, 2.24) is 0 Å². The molecule has 0 bridgehead atoms. The minimum Gasteiger partial charge on any atom is -0.0878 e. The molecular formula is C25H20B. The van der Waals surface area contributed by atoms with Gasteiger partial charge in [0.2, 0.25) is 0 Å². The minimum atomic E-state index is 0.996. The largest absolute Gasteiger partial charge is 0.148 e. The average molecular weight is 331 g/mol. The third-order valence-corrected chi connectivity index (χ3v) is 4.21. The van der Waals surface area contributed by atoms with E-state index in [-0.39, 0.29) is 0 Å². The monoisotopic (exact) mass is 331 g/mol. The summed E-state index contributed by atoms with van der Waals surface area (Å²) >= 11 is 0. The first-order chi connectivity index (χ1) is 12.6. The summed E-state index contributed by atoms with van der Waals surface area (Å²) in [5.41, 5.74) is 7.77. The number of benzene rings is 3. The maximum absolute atomic E-state index is 3.26. The second kappa shape index (κ2) is 8.29. The van der Waals surface area contributed by atoms with Crippen LogP contribution in [0.15, 0.2) is 66.7 Å². The second-order valence-electron chi connectivity index (χ2n) is 6.31. The first kappa shape index (κ1) is 17.7. The maximum atomic E-state index is 3.26. The lowest BCUT2D eigenvalue weighted by Gasteiger charge is -2.01. The van der Waals surface area contributed by atoms with E-state index in [1.54, 1.807) is 0 Å². The summed E-state index contributed by atoms with van der Waals surface area (Å²) < 4.78 is 0. The number of rotatable bonds is 1. The van der Waals surface area contributed by atoms with E-state index in [2.05, 4.69) is 75.1 Å². The van der Waals surface area contributed by atoms with Gasteiger partial charge in [-0.1, -0.05) is 65.8 Å². The summed E-state index contributed by atoms with van der Waals surface area (Å²) in [5.74, 6) is 12.9. The molecule has 0 N–H and O–H groups in total. The fourth-order valence-corrected chi connectivity index (χ4v) is 2.56. The molecule has 0 spiro atoms. The van der Waals surface area contributed by atoms with E-state index >= 15 is 0 Å². The van der Waals surface area contributed by atoms with Crippen LogP contribution in [0.3, 0.4) is 0 Å². The van der Waals surface area contributed by atoms with Gasteiger partial charge in [-0.25, -0.2) is 0 Å². The predicted molar refractivity (Wildman–Crippen MR) is 112 cm³/mol. The van der Waals surface area contributed by atoms with Crippen LogP contribution in [-0.2, 0) is 0 Å². The van der Waals surface area contributed by atoms with Crippen LogP contribution in [0.2, 0.25) is 6.82 Å². The highest BCUT2D eigenvalue weighted by Gasteiger charge is 1.97. The summed E-state index contributed by atoms with van der Waals surface area (Å²) in [6.07, 6.45) is 0. The zero-order valence-electron chi connectivity index (χ0n) is 15.4. The van der Waals surface area contributed by atoms with Gasteiger partial charge >= 0.3 is 0 Å². The molecule has 0 atom stereocenters. The highest BCUT2D eigenvalue weighted by molar-refractivity contribution is 6.51. The molecule has 0 aliphatic heterocycles. The van der Waals surface area contributed by atoms with E-state index in [4.69, 9.17) is 0 Å². The number of hydrogen-bond acceptors (Lipinski definition) is 0. The Morgan fingerprint density at radius 3 is 1.62 bits per heavy atom. The quantitative estimate of drug-likeness (QED) is 0.456. The smallest absolute Gasteiger partial charge is 0.0878 e. The van der Waals surface area contributed by atoms with Crippen molar-refractivity contribution >= 4 is 12.7 Å². The summed E-state index contributed by atoms with van der Waals surface area (Å²) in [6.45, 7) is 6.22. The van der Waals surface area contributed by atoms with Crippen LogP contribution < -0.4 is 5.46 Å². The van der Waals surface area contributed by atoms with Crippen LogP contribution in [0.4, 0.5) is 0 Å². The van der Waals surface area contributed by atoms with Crippen molar-refractivity contribution in [3.05, 3.63) is 100 Å². The number of hydrogen-bond donors (Lipinski definition) is 0. The van der Waals surface area contributed by atoms with Crippen molar-refractivity contribution in [2.24, 2.45) is 0 Å². The van der Waals surface area contributed by atoms with Crippen molar-refractivity contribution in [3.63, 3.8) is 0 Å².